The van der Waals surface area contributed by atoms with Gasteiger partial charge in [-0.2, -0.15) is 5.10 Å². The average molecular weight is 396 g/mol. The second kappa shape index (κ2) is 8.00. The summed E-state index contributed by atoms with van der Waals surface area (Å²) in [6.45, 7) is 2.47. The minimum Gasteiger partial charge on any atom is -0.463 e. The number of hydrogen-bond donors (Lipinski definition) is 0. The normalized spacial score (nSPS) is 14.9. The van der Waals surface area contributed by atoms with Crippen molar-refractivity contribution in [2.24, 2.45) is 7.05 Å². The number of halogens is 1. The van der Waals surface area contributed by atoms with Crippen molar-refractivity contribution in [1.82, 2.24) is 19.6 Å². The smallest absolute Gasteiger partial charge is 0.274 e. The molecule has 1 saturated heterocycles. The highest BCUT2D eigenvalue weighted by Crippen LogP contribution is 2.21. The Morgan fingerprint density at radius 1 is 1.10 bits per heavy atom. The van der Waals surface area contributed by atoms with Gasteiger partial charge in [-0.05, 0) is 36.4 Å². The van der Waals surface area contributed by atoms with Crippen LogP contribution in [-0.2, 0) is 7.05 Å². The molecule has 0 spiro atoms. The molecule has 7 nitrogen and oxygen atoms in total. The lowest BCUT2D eigenvalue weighted by atomic mass is 10.1. The monoisotopic (exact) mass is 396 g/mol. The van der Waals surface area contributed by atoms with Crippen molar-refractivity contribution in [3.05, 3.63) is 65.8 Å². The first-order valence-electron chi connectivity index (χ1n) is 9.39. The van der Waals surface area contributed by atoms with Gasteiger partial charge in [0.2, 0.25) is 0 Å². The maximum atomic E-state index is 13.0. The lowest BCUT2D eigenvalue weighted by Gasteiger charge is -2.34. The highest BCUT2D eigenvalue weighted by atomic mass is 19.1. The predicted molar refractivity (Wildman–Crippen MR) is 104 cm³/mol. The van der Waals surface area contributed by atoms with E-state index < -0.39 is 0 Å². The van der Waals surface area contributed by atoms with E-state index >= 15 is 0 Å². The van der Waals surface area contributed by atoms with Crippen LogP contribution < -0.4 is 0 Å². The van der Waals surface area contributed by atoms with E-state index in [2.05, 4.69) is 5.10 Å². The average Bonchev–Trinajstić information content (AvgIpc) is 3.38. The second-order valence-electron chi connectivity index (χ2n) is 7.01. The van der Waals surface area contributed by atoms with Crippen LogP contribution in [0.15, 0.2) is 53.1 Å². The van der Waals surface area contributed by atoms with Crippen LogP contribution >= 0.6 is 0 Å². The van der Waals surface area contributed by atoms with Crippen LogP contribution in [0.25, 0.3) is 11.5 Å². The third-order valence-corrected chi connectivity index (χ3v) is 5.07. The summed E-state index contributed by atoms with van der Waals surface area (Å²) in [7, 11) is 1.77. The summed E-state index contributed by atoms with van der Waals surface area (Å²) in [6.07, 6.45) is 1.58. The Bertz CT molecular complexity index is 1000. The van der Waals surface area contributed by atoms with Crippen LogP contribution in [0.1, 0.15) is 20.8 Å². The summed E-state index contributed by atoms with van der Waals surface area (Å²) in [6, 6.07) is 10.9. The molecule has 0 saturated carbocycles. The maximum Gasteiger partial charge on any atom is 0.274 e. The van der Waals surface area contributed by atoms with E-state index in [0.29, 0.717) is 43.2 Å². The van der Waals surface area contributed by atoms with Crippen molar-refractivity contribution < 1.29 is 18.4 Å². The van der Waals surface area contributed by atoms with Gasteiger partial charge in [0, 0.05) is 44.9 Å². The minimum absolute atomic E-state index is 0.0578. The molecule has 2 aromatic heterocycles. The highest BCUT2D eigenvalue weighted by molar-refractivity contribution is 5.97. The van der Waals surface area contributed by atoms with Gasteiger partial charge in [0.05, 0.1) is 12.8 Å². The number of aryl methyl sites for hydroxylation is 1. The molecule has 1 aliphatic rings. The molecule has 1 aliphatic heterocycles. The lowest BCUT2D eigenvalue weighted by Crippen LogP contribution is -2.50. The van der Waals surface area contributed by atoms with Crippen LogP contribution in [0.5, 0.6) is 0 Å². The van der Waals surface area contributed by atoms with Crippen molar-refractivity contribution in [2.75, 3.05) is 32.7 Å². The maximum absolute atomic E-state index is 13.0. The van der Waals surface area contributed by atoms with Crippen molar-refractivity contribution >= 4 is 11.7 Å². The molecule has 0 bridgehead atoms. The van der Waals surface area contributed by atoms with Crippen LogP contribution in [0.2, 0.25) is 0 Å². The fraction of sp³-hybridized carbons (Fsp3) is 0.286. The van der Waals surface area contributed by atoms with E-state index in [4.69, 9.17) is 4.42 Å². The van der Waals surface area contributed by atoms with Crippen LogP contribution in [0.3, 0.4) is 0 Å². The number of carbonyl (C=O) groups excluding carboxylic acids is 2. The van der Waals surface area contributed by atoms with Crippen molar-refractivity contribution in [1.29, 1.82) is 0 Å². The van der Waals surface area contributed by atoms with Crippen LogP contribution in [0, 0.1) is 5.82 Å². The minimum atomic E-state index is -0.363. The van der Waals surface area contributed by atoms with Gasteiger partial charge in [-0.1, -0.05) is 0 Å². The fourth-order valence-corrected chi connectivity index (χ4v) is 3.43. The summed E-state index contributed by atoms with van der Waals surface area (Å²) in [4.78, 5) is 28.9. The molecule has 8 heteroatoms. The van der Waals surface area contributed by atoms with E-state index in [0.717, 1.165) is 5.69 Å². The zero-order valence-corrected chi connectivity index (χ0v) is 16.0. The van der Waals surface area contributed by atoms with Gasteiger partial charge >= 0.3 is 0 Å². The number of Topliss-reactive ketones (excluding diaryl/α,β-unsaturated/α-hetero) is 1. The standard InChI is InChI=1S/C21H21FN4O3/c1-24-18(20-3-2-12-29-20)13-17(23-24)21(28)26-10-8-25(9-11-26)14-19(27)15-4-6-16(22)7-5-15/h2-7,12-13H,8-11,14H2,1H3. The molecule has 29 heavy (non-hydrogen) atoms. The van der Waals surface area contributed by atoms with E-state index in [1.165, 1.54) is 24.3 Å². The number of rotatable bonds is 5. The summed E-state index contributed by atoms with van der Waals surface area (Å²) in [5.74, 6) is 0.0992. The van der Waals surface area contributed by atoms with Gasteiger partial charge in [-0.3, -0.25) is 19.2 Å². The molecule has 1 fully saturated rings. The first kappa shape index (κ1) is 19.1. The summed E-state index contributed by atoms with van der Waals surface area (Å²) in [5.41, 5.74) is 1.60. The van der Waals surface area contributed by atoms with Crippen LogP contribution in [-0.4, -0.2) is 64.0 Å². The quantitative estimate of drug-likeness (QED) is 0.620. The topological polar surface area (TPSA) is 71.6 Å². The Morgan fingerprint density at radius 2 is 1.83 bits per heavy atom. The molecular formula is C21H21FN4O3. The second-order valence-corrected chi connectivity index (χ2v) is 7.01. The SMILES string of the molecule is Cn1nc(C(=O)N2CCN(CC(=O)c3ccc(F)cc3)CC2)cc1-c1ccco1. The number of benzene rings is 1. The van der Waals surface area contributed by atoms with Crippen LogP contribution in [0.4, 0.5) is 4.39 Å². The number of furan rings is 1. The van der Waals surface area contributed by atoms with E-state index in [1.807, 2.05) is 11.0 Å². The molecule has 0 N–H and O–H groups in total. The fourth-order valence-electron chi connectivity index (χ4n) is 3.43. The molecule has 0 radical (unpaired) electrons. The predicted octanol–water partition coefficient (Wildman–Crippen LogP) is 2.46. The number of amides is 1. The Kier molecular flexibility index (Phi) is 5.26. The van der Waals surface area contributed by atoms with E-state index in [-0.39, 0.29) is 24.1 Å². The summed E-state index contributed by atoms with van der Waals surface area (Å²) < 4.78 is 20.0. The van der Waals surface area contributed by atoms with E-state index in [9.17, 15) is 14.0 Å². The van der Waals surface area contributed by atoms with Gasteiger partial charge in [0.1, 0.15) is 11.5 Å². The number of aromatic nitrogens is 2. The molecule has 3 aromatic rings. The molecular weight excluding hydrogens is 375 g/mol. The van der Waals surface area contributed by atoms with Gasteiger partial charge in [-0.15, -0.1) is 0 Å². The third-order valence-electron chi connectivity index (χ3n) is 5.07. The number of carbonyl (C=O) groups is 2. The Morgan fingerprint density at radius 3 is 2.48 bits per heavy atom. The number of hydrogen-bond acceptors (Lipinski definition) is 5. The largest absolute Gasteiger partial charge is 0.463 e. The Hall–Kier alpha value is -3.26. The Labute approximate surface area is 167 Å². The Balaban J connectivity index is 1.35. The van der Waals surface area contributed by atoms with Gasteiger partial charge in [-0.25, -0.2) is 4.39 Å². The molecule has 0 atom stereocenters. The van der Waals surface area contributed by atoms with Crippen molar-refractivity contribution in [2.45, 2.75) is 0 Å². The molecule has 150 valence electrons. The lowest BCUT2D eigenvalue weighted by molar-refractivity contribution is 0.0618. The molecule has 3 heterocycles. The number of ketones is 1. The highest BCUT2D eigenvalue weighted by Gasteiger charge is 2.26. The van der Waals surface area contributed by atoms with Gasteiger partial charge in [0.15, 0.2) is 17.2 Å². The summed E-state index contributed by atoms with van der Waals surface area (Å²) >= 11 is 0. The molecule has 4 rings (SSSR count). The zero-order valence-electron chi connectivity index (χ0n) is 16.0. The molecule has 1 aromatic carbocycles. The van der Waals surface area contributed by atoms with Gasteiger partial charge < -0.3 is 9.32 Å². The third kappa shape index (κ3) is 4.12. The van der Waals surface area contributed by atoms with Crippen molar-refractivity contribution in [3.8, 4) is 11.5 Å². The molecule has 1 amide bonds. The number of piperazine rings is 1. The zero-order chi connectivity index (χ0) is 20.4. The van der Waals surface area contributed by atoms with E-state index in [1.54, 1.807) is 35.0 Å². The van der Waals surface area contributed by atoms with Gasteiger partial charge in [0.25, 0.3) is 5.91 Å². The molecule has 0 unspecified atom stereocenters. The molecule has 0 aliphatic carbocycles. The first-order chi connectivity index (χ1) is 14.0. The van der Waals surface area contributed by atoms with Crippen molar-refractivity contribution in [3.63, 3.8) is 0 Å². The first-order valence-corrected chi connectivity index (χ1v) is 9.39. The number of nitrogens with zero attached hydrogens (tertiary/aromatic N) is 4. The summed E-state index contributed by atoms with van der Waals surface area (Å²) in [5, 5.41) is 4.32.